The van der Waals surface area contributed by atoms with Crippen molar-refractivity contribution in [3.63, 3.8) is 0 Å². The predicted octanol–water partition coefficient (Wildman–Crippen LogP) is 1.50. The van der Waals surface area contributed by atoms with Crippen LogP contribution in [0.3, 0.4) is 0 Å². The molecule has 1 heterocycles. The van der Waals surface area contributed by atoms with Crippen molar-refractivity contribution >= 4 is 29.1 Å². The molecule has 1 aliphatic heterocycles. The van der Waals surface area contributed by atoms with E-state index in [1.165, 1.54) is 4.90 Å². The Morgan fingerprint density at radius 3 is 2.50 bits per heavy atom. The van der Waals surface area contributed by atoms with Crippen LogP contribution >= 0.6 is 11.6 Å². The van der Waals surface area contributed by atoms with Crippen LogP contribution < -0.4 is 5.73 Å². The van der Waals surface area contributed by atoms with Crippen LogP contribution in [0, 0.1) is 0 Å². The summed E-state index contributed by atoms with van der Waals surface area (Å²) < 4.78 is 0. The molecule has 2 amide bonds. The molecule has 1 aromatic rings. The zero-order valence-electron chi connectivity index (χ0n) is 11.4. The fraction of sp³-hybridized carbons (Fsp3) is 0.429. The fourth-order valence-corrected chi connectivity index (χ4v) is 2.52. The highest BCUT2D eigenvalue weighted by Gasteiger charge is 2.32. The van der Waals surface area contributed by atoms with Gasteiger partial charge in [0.15, 0.2) is 0 Å². The second-order valence-electron chi connectivity index (χ2n) is 4.83. The number of halogens is 1. The van der Waals surface area contributed by atoms with E-state index < -0.39 is 11.8 Å². The van der Waals surface area contributed by atoms with Crippen LogP contribution in [-0.2, 0) is 16.1 Å². The maximum atomic E-state index is 12.1. The van der Waals surface area contributed by atoms with E-state index in [0.717, 1.165) is 6.42 Å². The molecule has 1 fully saturated rings. The quantitative estimate of drug-likeness (QED) is 0.676. The third-order valence-corrected chi connectivity index (χ3v) is 3.75. The number of hydrogen-bond donors (Lipinski definition) is 1. The third-order valence-electron chi connectivity index (χ3n) is 3.39. The van der Waals surface area contributed by atoms with Gasteiger partial charge >= 0.3 is 11.8 Å². The molecule has 1 saturated heterocycles. The number of carbonyl (C=O) groups is 2. The summed E-state index contributed by atoms with van der Waals surface area (Å²) in [7, 11) is 0. The minimum Gasteiger partial charge on any atom is -0.398 e. The largest absolute Gasteiger partial charge is 0.398 e. The van der Waals surface area contributed by atoms with E-state index >= 15 is 0 Å². The lowest BCUT2D eigenvalue weighted by Crippen LogP contribution is -2.54. The topological polar surface area (TPSA) is 66.6 Å². The van der Waals surface area contributed by atoms with E-state index in [1.807, 2.05) is 6.92 Å². The summed E-state index contributed by atoms with van der Waals surface area (Å²) in [4.78, 5) is 27.1. The molecule has 0 unspecified atom stereocenters. The van der Waals surface area contributed by atoms with Crippen LogP contribution in [0.4, 0.5) is 5.69 Å². The van der Waals surface area contributed by atoms with Crippen molar-refractivity contribution in [1.82, 2.24) is 9.80 Å². The van der Waals surface area contributed by atoms with Crippen LogP contribution in [0.2, 0.25) is 5.02 Å². The molecular formula is C14H18ClN3O2. The number of anilines is 1. The lowest BCUT2D eigenvalue weighted by molar-refractivity contribution is -0.156. The summed E-state index contributed by atoms with van der Waals surface area (Å²) in [5.41, 5.74) is 7.11. The fourth-order valence-electron chi connectivity index (χ4n) is 2.28. The Bertz CT molecular complexity index is 513. The number of benzene rings is 1. The van der Waals surface area contributed by atoms with Gasteiger partial charge in [0, 0.05) is 42.5 Å². The molecule has 0 aromatic heterocycles. The molecule has 2 N–H and O–H groups in total. The number of nitrogens with two attached hydrogens (primary N) is 1. The van der Waals surface area contributed by atoms with Gasteiger partial charge in [0.05, 0.1) is 0 Å². The van der Waals surface area contributed by atoms with E-state index in [9.17, 15) is 9.59 Å². The number of rotatable bonds is 4. The molecule has 0 atom stereocenters. The third kappa shape index (κ3) is 2.88. The molecule has 0 radical (unpaired) electrons. The van der Waals surface area contributed by atoms with Crippen LogP contribution in [0.15, 0.2) is 18.2 Å². The second-order valence-corrected chi connectivity index (χ2v) is 5.23. The highest BCUT2D eigenvalue weighted by Crippen LogP contribution is 2.24. The predicted molar refractivity (Wildman–Crippen MR) is 78.2 cm³/mol. The minimum atomic E-state index is -0.482. The van der Waals surface area contributed by atoms with Crippen molar-refractivity contribution in [3.05, 3.63) is 28.8 Å². The van der Waals surface area contributed by atoms with E-state index in [0.29, 0.717) is 35.9 Å². The van der Waals surface area contributed by atoms with Gasteiger partial charge in [0.1, 0.15) is 0 Å². The summed E-state index contributed by atoms with van der Waals surface area (Å²) in [6.45, 7) is 3.94. The number of nitrogens with zero attached hydrogens (tertiary/aromatic N) is 2. The Hall–Kier alpha value is -1.75. The standard InChI is InChI=1S/C14H18ClN3O2/c1-2-6-17-7-8-18(14(20)13(17)19)9-10-11(15)4-3-5-12(10)16/h3-5H,2,6-9,16H2,1H3. The Morgan fingerprint density at radius 1 is 1.20 bits per heavy atom. The first kappa shape index (κ1) is 14.7. The highest BCUT2D eigenvalue weighted by molar-refractivity contribution is 6.35. The summed E-state index contributed by atoms with van der Waals surface area (Å²) in [5, 5.41) is 0.515. The van der Waals surface area contributed by atoms with Crippen molar-refractivity contribution in [1.29, 1.82) is 0 Å². The Labute approximate surface area is 123 Å². The van der Waals surface area contributed by atoms with Gasteiger partial charge in [-0.15, -0.1) is 0 Å². The molecule has 0 aliphatic carbocycles. The summed E-state index contributed by atoms with van der Waals surface area (Å²) in [6.07, 6.45) is 0.844. The van der Waals surface area contributed by atoms with Crippen LogP contribution in [0.5, 0.6) is 0 Å². The Kier molecular flexibility index (Phi) is 4.49. The smallest absolute Gasteiger partial charge is 0.312 e. The van der Waals surface area contributed by atoms with Gasteiger partial charge in [-0.1, -0.05) is 24.6 Å². The summed E-state index contributed by atoms with van der Waals surface area (Å²) >= 11 is 6.10. The Balaban J connectivity index is 2.12. The molecule has 0 bridgehead atoms. The van der Waals surface area contributed by atoms with Crippen molar-refractivity contribution in [2.45, 2.75) is 19.9 Å². The lowest BCUT2D eigenvalue weighted by Gasteiger charge is -2.34. The Morgan fingerprint density at radius 2 is 1.85 bits per heavy atom. The zero-order valence-corrected chi connectivity index (χ0v) is 12.2. The van der Waals surface area contributed by atoms with Gasteiger partial charge in [-0.25, -0.2) is 0 Å². The number of hydrogen-bond acceptors (Lipinski definition) is 3. The number of carbonyl (C=O) groups excluding carboxylic acids is 2. The van der Waals surface area contributed by atoms with E-state index in [2.05, 4.69) is 0 Å². The monoisotopic (exact) mass is 295 g/mol. The van der Waals surface area contributed by atoms with Crippen molar-refractivity contribution < 1.29 is 9.59 Å². The van der Waals surface area contributed by atoms with E-state index in [-0.39, 0.29) is 6.54 Å². The molecule has 0 spiro atoms. The first-order chi connectivity index (χ1) is 9.54. The molecule has 108 valence electrons. The molecule has 0 saturated carbocycles. The number of piperazine rings is 1. The van der Waals surface area contributed by atoms with E-state index in [4.69, 9.17) is 17.3 Å². The van der Waals surface area contributed by atoms with Crippen molar-refractivity contribution in [2.75, 3.05) is 25.4 Å². The van der Waals surface area contributed by atoms with E-state index in [1.54, 1.807) is 23.1 Å². The summed E-state index contributed by atoms with van der Waals surface area (Å²) in [6, 6.07) is 5.22. The minimum absolute atomic E-state index is 0.274. The van der Waals surface area contributed by atoms with Crippen LogP contribution in [0.1, 0.15) is 18.9 Å². The lowest BCUT2D eigenvalue weighted by atomic mass is 10.1. The molecule has 5 nitrogen and oxygen atoms in total. The number of amides is 2. The summed E-state index contributed by atoms with van der Waals surface area (Å²) in [5.74, 6) is -0.923. The van der Waals surface area contributed by atoms with Gasteiger partial charge in [0.25, 0.3) is 0 Å². The van der Waals surface area contributed by atoms with Crippen molar-refractivity contribution in [2.24, 2.45) is 0 Å². The van der Waals surface area contributed by atoms with Gasteiger partial charge in [-0.3, -0.25) is 9.59 Å². The maximum absolute atomic E-state index is 12.1. The average Bonchev–Trinajstić information content (AvgIpc) is 2.42. The van der Waals surface area contributed by atoms with Crippen LogP contribution in [0.25, 0.3) is 0 Å². The maximum Gasteiger partial charge on any atom is 0.312 e. The highest BCUT2D eigenvalue weighted by atomic mass is 35.5. The zero-order chi connectivity index (χ0) is 14.7. The molecular weight excluding hydrogens is 278 g/mol. The van der Waals surface area contributed by atoms with Gasteiger partial charge < -0.3 is 15.5 Å². The molecule has 1 aliphatic rings. The van der Waals surface area contributed by atoms with Gasteiger partial charge in [-0.05, 0) is 18.6 Å². The first-order valence-electron chi connectivity index (χ1n) is 6.65. The van der Waals surface area contributed by atoms with Crippen LogP contribution in [-0.4, -0.2) is 41.2 Å². The van der Waals surface area contributed by atoms with Crippen molar-refractivity contribution in [3.8, 4) is 0 Å². The normalized spacial score (nSPS) is 15.9. The molecule has 2 rings (SSSR count). The molecule has 20 heavy (non-hydrogen) atoms. The van der Waals surface area contributed by atoms with Gasteiger partial charge in [0.2, 0.25) is 0 Å². The average molecular weight is 296 g/mol. The van der Waals surface area contributed by atoms with Gasteiger partial charge in [-0.2, -0.15) is 0 Å². The number of nitrogen functional groups attached to an aromatic ring is 1. The second kappa shape index (κ2) is 6.13. The molecule has 1 aromatic carbocycles. The first-order valence-corrected chi connectivity index (χ1v) is 7.03. The SMILES string of the molecule is CCCN1CCN(Cc2c(N)cccc2Cl)C(=O)C1=O. The molecule has 6 heteroatoms.